The average Bonchev–Trinajstić information content (AvgIpc) is 2.59. The first kappa shape index (κ1) is 8.83. The van der Waals surface area contributed by atoms with Gasteiger partial charge in [0.25, 0.3) is 5.43 Å². The molecule has 0 aromatic heterocycles. The van der Waals surface area contributed by atoms with Crippen molar-refractivity contribution in [3.8, 4) is 17.2 Å². The predicted octanol–water partition coefficient (Wildman–Crippen LogP) is 0.194. The van der Waals surface area contributed by atoms with Crippen molar-refractivity contribution in [3.05, 3.63) is 27.4 Å². The molecule has 0 unspecified atom stereocenters. The van der Waals surface area contributed by atoms with Crippen molar-refractivity contribution in [2.75, 3.05) is 0 Å². The highest BCUT2D eigenvalue weighted by molar-refractivity contribution is 5.51. The molecule has 5 nitrogen and oxygen atoms in total. The number of hydrogen-bond acceptors (Lipinski definition) is 5. The van der Waals surface area contributed by atoms with Gasteiger partial charge in [0.15, 0.2) is 11.5 Å². The first-order chi connectivity index (χ1) is 6.61. The van der Waals surface area contributed by atoms with Crippen molar-refractivity contribution in [3.63, 3.8) is 0 Å². The SMILES string of the molecule is O=c1c(O)cc2c(c(O)c1O)COC2. The van der Waals surface area contributed by atoms with Gasteiger partial charge in [-0.05, 0) is 11.6 Å². The number of aromatic hydroxyl groups is 3. The van der Waals surface area contributed by atoms with Gasteiger partial charge in [0, 0.05) is 5.56 Å². The minimum Gasteiger partial charge on any atom is -0.504 e. The monoisotopic (exact) mass is 196 g/mol. The summed E-state index contributed by atoms with van der Waals surface area (Å²) in [5, 5.41) is 27.9. The lowest BCUT2D eigenvalue weighted by molar-refractivity contribution is 0.133. The topological polar surface area (TPSA) is 87.0 Å². The van der Waals surface area contributed by atoms with Gasteiger partial charge in [-0.3, -0.25) is 4.79 Å². The van der Waals surface area contributed by atoms with Crippen LogP contribution in [0.5, 0.6) is 17.2 Å². The Morgan fingerprint density at radius 2 is 1.86 bits per heavy atom. The summed E-state index contributed by atoms with van der Waals surface area (Å²) in [5.41, 5.74) is -0.116. The van der Waals surface area contributed by atoms with Gasteiger partial charge in [-0.25, -0.2) is 0 Å². The Kier molecular flexibility index (Phi) is 1.82. The number of hydrogen-bond donors (Lipinski definition) is 3. The minimum atomic E-state index is -0.975. The molecular formula is C9H8O5. The van der Waals surface area contributed by atoms with E-state index in [-0.39, 0.29) is 13.2 Å². The number of ether oxygens (including phenoxy) is 1. The molecule has 1 aliphatic heterocycles. The highest BCUT2D eigenvalue weighted by Gasteiger charge is 2.20. The number of rotatable bonds is 0. The third-order valence-corrected chi connectivity index (χ3v) is 2.16. The van der Waals surface area contributed by atoms with E-state index >= 15 is 0 Å². The Bertz CT molecular complexity index is 452. The average molecular weight is 196 g/mol. The molecule has 1 heterocycles. The molecule has 0 radical (unpaired) electrons. The molecule has 1 aromatic carbocycles. The van der Waals surface area contributed by atoms with E-state index in [0.29, 0.717) is 11.1 Å². The van der Waals surface area contributed by atoms with Crippen molar-refractivity contribution in [1.29, 1.82) is 0 Å². The summed E-state index contributed by atoms with van der Waals surface area (Å²) in [5.74, 6) is -1.94. The third-order valence-electron chi connectivity index (χ3n) is 2.16. The molecule has 0 saturated heterocycles. The van der Waals surface area contributed by atoms with Crippen LogP contribution < -0.4 is 5.43 Å². The van der Waals surface area contributed by atoms with Crippen LogP contribution in [0.4, 0.5) is 0 Å². The van der Waals surface area contributed by atoms with Crippen LogP contribution in [0.2, 0.25) is 0 Å². The van der Waals surface area contributed by atoms with E-state index < -0.39 is 22.7 Å². The Labute approximate surface area is 78.8 Å². The summed E-state index contributed by atoms with van der Waals surface area (Å²) >= 11 is 0. The van der Waals surface area contributed by atoms with Gasteiger partial charge in [-0.15, -0.1) is 0 Å². The Hall–Kier alpha value is -1.75. The van der Waals surface area contributed by atoms with Crippen LogP contribution in [-0.4, -0.2) is 15.3 Å². The maximum absolute atomic E-state index is 11.1. The van der Waals surface area contributed by atoms with Crippen molar-refractivity contribution in [1.82, 2.24) is 0 Å². The Morgan fingerprint density at radius 3 is 2.57 bits per heavy atom. The molecule has 0 atom stereocenters. The second-order valence-electron chi connectivity index (χ2n) is 3.05. The lowest BCUT2D eigenvalue weighted by Crippen LogP contribution is -1.95. The highest BCUT2D eigenvalue weighted by Crippen LogP contribution is 2.33. The van der Waals surface area contributed by atoms with Gasteiger partial charge < -0.3 is 20.1 Å². The summed E-state index contributed by atoms with van der Waals surface area (Å²) in [6.07, 6.45) is 0. The van der Waals surface area contributed by atoms with Gasteiger partial charge in [0.2, 0.25) is 5.75 Å². The first-order valence-corrected chi connectivity index (χ1v) is 3.99. The smallest absolute Gasteiger partial charge is 0.265 e. The van der Waals surface area contributed by atoms with E-state index in [2.05, 4.69) is 0 Å². The van der Waals surface area contributed by atoms with Crippen molar-refractivity contribution < 1.29 is 20.1 Å². The zero-order valence-electron chi connectivity index (χ0n) is 7.15. The molecule has 0 bridgehead atoms. The highest BCUT2D eigenvalue weighted by atomic mass is 16.5. The standard InChI is InChI=1S/C9H8O5/c10-6-1-4-2-14-3-5(4)7(11)9(13)8(6)12/h1H,2-3H2,(H3,10,11,12,13). The van der Waals surface area contributed by atoms with E-state index in [4.69, 9.17) is 4.74 Å². The lowest BCUT2D eigenvalue weighted by atomic mass is 10.2. The molecular weight excluding hydrogens is 188 g/mol. The van der Waals surface area contributed by atoms with E-state index in [1.807, 2.05) is 0 Å². The molecule has 3 N–H and O–H groups in total. The van der Waals surface area contributed by atoms with Crippen LogP contribution >= 0.6 is 0 Å². The van der Waals surface area contributed by atoms with Crippen LogP contribution in [0.15, 0.2) is 10.9 Å². The summed E-state index contributed by atoms with van der Waals surface area (Å²) < 4.78 is 5.00. The fourth-order valence-corrected chi connectivity index (χ4v) is 1.39. The van der Waals surface area contributed by atoms with Gasteiger partial charge in [0.05, 0.1) is 13.2 Å². The predicted molar refractivity (Wildman–Crippen MR) is 46.2 cm³/mol. The lowest BCUT2D eigenvalue weighted by Gasteiger charge is -1.94. The Balaban J connectivity index is 2.88. The summed E-state index contributed by atoms with van der Waals surface area (Å²) in [6.45, 7) is 0.340. The molecule has 1 aliphatic rings. The van der Waals surface area contributed by atoms with E-state index in [0.717, 1.165) is 0 Å². The molecule has 0 spiro atoms. The number of fused-ring (bicyclic) bond motifs is 1. The molecule has 0 fully saturated rings. The maximum atomic E-state index is 11.1. The van der Waals surface area contributed by atoms with Crippen LogP contribution in [0, 0.1) is 0 Å². The zero-order chi connectivity index (χ0) is 10.3. The van der Waals surface area contributed by atoms with Crippen LogP contribution in [0.3, 0.4) is 0 Å². The Morgan fingerprint density at radius 1 is 1.14 bits per heavy atom. The molecule has 0 amide bonds. The van der Waals surface area contributed by atoms with Gasteiger partial charge >= 0.3 is 0 Å². The normalized spacial score (nSPS) is 14.0. The van der Waals surface area contributed by atoms with Gasteiger partial charge in [-0.2, -0.15) is 0 Å². The second-order valence-corrected chi connectivity index (χ2v) is 3.05. The molecule has 5 heteroatoms. The van der Waals surface area contributed by atoms with Gasteiger partial charge in [-0.1, -0.05) is 0 Å². The summed E-state index contributed by atoms with van der Waals surface area (Å²) in [6, 6.07) is 1.20. The zero-order valence-corrected chi connectivity index (χ0v) is 7.15. The summed E-state index contributed by atoms with van der Waals surface area (Å²) in [7, 11) is 0. The van der Waals surface area contributed by atoms with Crippen LogP contribution in [0.25, 0.3) is 0 Å². The van der Waals surface area contributed by atoms with Crippen LogP contribution in [0.1, 0.15) is 11.1 Å². The third kappa shape index (κ3) is 1.10. The van der Waals surface area contributed by atoms with E-state index in [9.17, 15) is 20.1 Å². The second kappa shape index (κ2) is 2.88. The molecule has 0 saturated carbocycles. The molecule has 0 aliphatic carbocycles. The molecule has 1 aromatic rings. The minimum absolute atomic E-state index is 0.127. The molecule has 74 valence electrons. The van der Waals surface area contributed by atoms with E-state index in [1.165, 1.54) is 6.07 Å². The van der Waals surface area contributed by atoms with E-state index in [1.54, 1.807) is 0 Å². The quantitative estimate of drug-likeness (QED) is 0.551. The fourth-order valence-electron chi connectivity index (χ4n) is 1.39. The largest absolute Gasteiger partial charge is 0.504 e. The fraction of sp³-hybridized carbons (Fsp3) is 0.222. The van der Waals surface area contributed by atoms with Crippen molar-refractivity contribution in [2.24, 2.45) is 0 Å². The first-order valence-electron chi connectivity index (χ1n) is 3.99. The van der Waals surface area contributed by atoms with Crippen LogP contribution in [-0.2, 0) is 18.0 Å². The van der Waals surface area contributed by atoms with Crippen molar-refractivity contribution in [2.45, 2.75) is 13.2 Å². The van der Waals surface area contributed by atoms with Gasteiger partial charge in [0.1, 0.15) is 0 Å². The summed E-state index contributed by atoms with van der Waals surface area (Å²) in [4.78, 5) is 11.1. The maximum Gasteiger partial charge on any atom is 0.265 e. The molecule has 2 rings (SSSR count). The van der Waals surface area contributed by atoms with Crippen molar-refractivity contribution >= 4 is 0 Å². The molecule has 14 heavy (non-hydrogen) atoms.